The van der Waals surface area contributed by atoms with Crippen molar-refractivity contribution in [1.29, 1.82) is 0 Å². The molecule has 1 amide bonds. The molecule has 1 fully saturated rings. The first-order valence-electron chi connectivity index (χ1n) is 9.47. The van der Waals surface area contributed by atoms with Gasteiger partial charge in [0.15, 0.2) is 0 Å². The minimum Gasteiger partial charge on any atom is -0.350 e. The van der Waals surface area contributed by atoms with Crippen LogP contribution in [0.5, 0.6) is 0 Å². The van der Waals surface area contributed by atoms with Crippen LogP contribution in [0.25, 0.3) is 0 Å². The van der Waals surface area contributed by atoms with E-state index in [1.807, 2.05) is 22.8 Å². The predicted octanol–water partition coefficient (Wildman–Crippen LogP) is 1.81. The molecule has 3 N–H and O–H groups in total. The van der Waals surface area contributed by atoms with Crippen molar-refractivity contribution in [3.63, 3.8) is 0 Å². The highest BCUT2D eigenvalue weighted by Crippen LogP contribution is 2.20. The third-order valence-electron chi connectivity index (χ3n) is 4.76. The smallest absolute Gasteiger partial charge is 0.269 e. The number of carbonyl (C=O) groups is 1. The van der Waals surface area contributed by atoms with Gasteiger partial charge in [0.05, 0.1) is 12.7 Å². The molecule has 0 radical (unpaired) electrons. The van der Waals surface area contributed by atoms with Crippen molar-refractivity contribution >= 4 is 11.9 Å². The van der Waals surface area contributed by atoms with Crippen molar-refractivity contribution in [2.45, 2.75) is 38.8 Å². The predicted molar refractivity (Wildman–Crippen MR) is 108 cm³/mol. The van der Waals surface area contributed by atoms with Crippen molar-refractivity contribution in [1.82, 2.24) is 14.9 Å². The molecule has 1 aliphatic rings. The number of hydrogen-bond acceptors (Lipinski definition) is 4. The fraction of sp³-hybridized carbons (Fsp3) is 0.429. The molecule has 2 aromatic rings. The number of rotatable bonds is 6. The summed E-state index contributed by atoms with van der Waals surface area (Å²) in [5.41, 5.74) is 7.86. The topological polar surface area (TPSA) is 76.2 Å². The van der Waals surface area contributed by atoms with E-state index >= 15 is 0 Å². The zero-order chi connectivity index (χ0) is 19.1. The quantitative estimate of drug-likeness (QED) is 0.766. The van der Waals surface area contributed by atoms with Crippen molar-refractivity contribution in [2.24, 2.45) is 5.73 Å². The lowest BCUT2D eigenvalue weighted by Gasteiger charge is -2.31. The van der Waals surface area contributed by atoms with E-state index in [0.717, 1.165) is 38.3 Å². The Morgan fingerprint density at radius 1 is 1.37 bits per heavy atom. The standard InChI is InChI=1S/C21H27N5O/c1-2-3-14-26-19(15-24-21(26)25-13-7-10-18(22)16-25)20(27)23-12-11-17-8-5-4-6-9-17/h4-6,8-9,15,18H,7,10-14,16,22H2,1H3,(H,23,27). The van der Waals surface area contributed by atoms with E-state index in [0.29, 0.717) is 18.8 Å². The molecular weight excluding hydrogens is 338 g/mol. The van der Waals surface area contributed by atoms with Crippen LogP contribution in [0.15, 0.2) is 36.5 Å². The summed E-state index contributed by atoms with van der Waals surface area (Å²) in [6, 6.07) is 10.3. The van der Waals surface area contributed by atoms with Crippen LogP contribution in [0.3, 0.4) is 0 Å². The molecule has 0 spiro atoms. The van der Waals surface area contributed by atoms with Gasteiger partial charge in [-0.25, -0.2) is 4.98 Å². The number of amides is 1. The third kappa shape index (κ3) is 4.89. The van der Waals surface area contributed by atoms with Crippen LogP contribution in [-0.2, 0) is 13.0 Å². The van der Waals surface area contributed by atoms with Crippen molar-refractivity contribution in [3.8, 4) is 11.8 Å². The lowest BCUT2D eigenvalue weighted by atomic mass is 10.1. The Bertz CT molecular complexity index is 818. The Kier molecular flexibility index (Phi) is 6.50. The number of piperidine rings is 1. The Morgan fingerprint density at radius 2 is 2.19 bits per heavy atom. The van der Waals surface area contributed by atoms with E-state index in [9.17, 15) is 4.79 Å². The molecule has 0 aliphatic carbocycles. The van der Waals surface area contributed by atoms with Crippen LogP contribution in [0.4, 0.5) is 5.95 Å². The molecule has 1 aromatic carbocycles. The molecule has 142 valence electrons. The Hall–Kier alpha value is -2.78. The lowest BCUT2D eigenvalue weighted by molar-refractivity contribution is 0.0945. The van der Waals surface area contributed by atoms with E-state index in [2.05, 4.69) is 39.2 Å². The molecule has 3 rings (SSSR count). The number of aromatic nitrogens is 2. The summed E-state index contributed by atoms with van der Waals surface area (Å²) in [6.45, 7) is 4.48. The largest absolute Gasteiger partial charge is 0.350 e. The average molecular weight is 365 g/mol. The van der Waals surface area contributed by atoms with Crippen LogP contribution in [-0.4, -0.2) is 41.1 Å². The summed E-state index contributed by atoms with van der Waals surface area (Å²) in [7, 11) is 0. The van der Waals surface area contributed by atoms with Crippen molar-refractivity contribution < 1.29 is 4.79 Å². The normalized spacial score (nSPS) is 16.5. The molecule has 6 heteroatoms. The van der Waals surface area contributed by atoms with Crippen LogP contribution in [0, 0.1) is 11.8 Å². The minimum atomic E-state index is -0.121. The number of anilines is 1. The Morgan fingerprint density at radius 3 is 2.93 bits per heavy atom. The van der Waals surface area contributed by atoms with Crippen molar-refractivity contribution in [3.05, 3.63) is 47.8 Å². The summed E-state index contributed by atoms with van der Waals surface area (Å²) in [5, 5.41) is 3.00. The van der Waals surface area contributed by atoms with Gasteiger partial charge in [0.25, 0.3) is 5.91 Å². The highest BCUT2D eigenvalue weighted by molar-refractivity contribution is 5.93. The molecule has 2 heterocycles. The molecule has 1 unspecified atom stereocenters. The van der Waals surface area contributed by atoms with Crippen LogP contribution in [0.2, 0.25) is 0 Å². The average Bonchev–Trinajstić information content (AvgIpc) is 3.11. The second kappa shape index (κ2) is 9.24. The van der Waals surface area contributed by atoms with Gasteiger partial charge in [0.1, 0.15) is 5.69 Å². The lowest BCUT2D eigenvalue weighted by Crippen LogP contribution is -2.44. The molecule has 1 saturated heterocycles. The first kappa shape index (κ1) is 19.0. The van der Waals surface area contributed by atoms with Gasteiger partial charge in [-0.15, -0.1) is 5.92 Å². The number of imidazole rings is 1. The number of hydrogen-bond donors (Lipinski definition) is 2. The second-order valence-electron chi connectivity index (χ2n) is 6.80. The highest BCUT2D eigenvalue weighted by Gasteiger charge is 2.24. The van der Waals surface area contributed by atoms with Gasteiger partial charge in [-0.3, -0.25) is 9.36 Å². The van der Waals surface area contributed by atoms with Gasteiger partial charge in [-0.1, -0.05) is 36.3 Å². The summed E-state index contributed by atoms with van der Waals surface area (Å²) in [6.07, 6.45) is 4.50. The van der Waals surface area contributed by atoms with E-state index in [-0.39, 0.29) is 11.9 Å². The highest BCUT2D eigenvalue weighted by atomic mass is 16.2. The number of nitrogens with zero attached hydrogens (tertiary/aromatic N) is 3. The summed E-state index contributed by atoms with van der Waals surface area (Å²) in [4.78, 5) is 19.4. The molecular formula is C21H27N5O. The van der Waals surface area contributed by atoms with E-state index in [1.54, 1.807) is 13.1 Å². The Balaban J connectivity index is 1.71. The van der Waals surface area contributed by atoms with Gasteiger partial charge in [-0.05, 0) is 31.7 Å². The van der Waals surface area contributed by atoms with E-state index in [4.69, 9.17) is 5.73 Å². The molecule has 1 aliphatic heterocycles. The number of nitrogens with two attached hydrogens (primary N) is 1. The molecule has 1 aromatic heterocycles. The van der Waals surface area contributed by atoms with Crippen LogP contribution >= 0.6 is 0 Å². The molecule has 0 saturated carbocycles. The monoisotopic (exact) mass is 365 g/mol. The zero-order valence-corrected chi connectivity index (χ0v) is 15.8. The maximum Gasteiger partial charge on any atom is 0.269 e. The van der Waals surface area contributed by atoms with Gasteiger partial charge in [0, 0.05) is 25.7 Å². The van der Waals surface area contributed by atoms with Gasteiger partial charge in [0.2, 0.25) is 5.95 Å². The molecule has 1 atom stereocenters. The van der Waals surface area contributed by atoms with E-state index in [1.165, 1.54) is 5.56 Å². The van der Waals surface area contributed by atoms with Crippen LogP contribution in [0.1, 0.15) is 35.8 Å². The minimum absolute atomic E-state index is 0.121. The fourth-order valence-electron chi connectivity index (χ4n) is 3.36. The zero-order valence-electron chi connectivity index (χ0n) is 15.8. The maximum absolute atomic E-state index is 12.7. The number of carbonyl (C=O) groups excluding carboxylic acids is 1. The summed E-state index contributed by atoms with van der Waals surface area (Å²) < 4.78 is 1.90. The fourth-order valence-corrected chi connectivity index (χ4v) is 3.36. The van der Waals surface area contributed by atoms with Gasteiger partial charge in [-0.2, -0.15) is 0 Å². The van der Waals surface area contributed by atoms with Crippen LogP contribution < -0.4 is 16.0 Å². The molecule has 0 bridgehead atoms. The van der Waals surface area contributed by atoms with Crippen molar-refractivity contribution in [2.75, 3.05) is 24.5 Å². The van der Waals surface area contributed by atoms with E-state index < -0.39 is 0 Å². The second-order valence-corrected chi connectivity index (χ2v) is 6.80. The first-order valence-corrected chi connectivity index (χ1v) is 9.47. The maximum atomic E-state index is 12.7. The number of nitrogens with one attached hydrogen (secondary N) is 1. The SMILES string of the molecule is CC#CCn1c(C(=O)NCCc2ccccc2)cnc1N1CCCC(N)C1. The number of benzene rings is 1. The summed E-state index contributed by atoms with van der Waals surface area (Å²) >= 11 is 0. The summed E-state index contributed by atoms with van der Waals surface area (Å²) in [5.74, 6) is 6.61. The Labute approximate surface area is 160 Å². The molecule has 6 nitrogen and oxygen atoms in total. The first-order chi connectivity index (χ1) is 13.2. The molecule has 27 heavy (non-hydrogen) atoms. The van der Waals surface area contributed by atoms with Gasteiger partial charge < -0.3 is 16.0 Å². The third-order valence-corrected chi connectivity index (χ3v) is 4.76. The van der Waals surface area contributed by atoms with Gasteiger partial charge >= 0.3 is 0 Å².